The molecule has 0 amide bonds. The van der Waals surface area contributed by atoms with Gasteiger partial charge in [-0.2, -0.15) is 0 Å². The van der Waals surface area contributed by atoms with Crippen LogP contribution in [0, 0.1) is 19.1 Å². The van der Waals surface area contributed by atoms with Crippen LogP contribution in [0.4, 0.5) is 0 Å². The lowest BCUT2D eigenvalue weighted by Crippen LogP contribution is -2.33. The zero-order valence-electron chi connectivity index (χ0n) is 5.76. The summed E-state index contributed by atoms with van der Waals surface area (Å²) in [5.41, 5.74) is 1.64. The highest BCUT2D eigenvalue weighted by Crippen LogP contribution is 2.05. The van der Waals surface area contributed by atoms with E-state index in [4.69, 9.17) is 11.6 Å². The van der Waals surface area contributed by atoms with E-state index in [2.05, 4.69) is 5.10 Å². The number of aryl methyl sites for hydroxylation is 2. The molecule has 0 atom stereocenters. The van der Waals surface area contributed by atoms with Gasteiger partial charge in [-0.05, 0) is 35.9 Å². The number of rotatable bonds is 0. The molecular weight excluding hydrogens is 152 g/mol. The van der Waals surface area contributed by atoms with Gasteiger partial charge in [0, 0.05) is 11.2 Å². The molecule has 0 aliphatic rings. The monoisotopic (exact) mass is 158 g/mol. The number of aromatic nitrogens is 2. The Morgan fingerprint density at radius 2 is 2.20 bits per heavy atom. The summed E-state index contributed by atoms with van der Waals surface area (Å²) in [4.78, 5) is 0.407. The van der Waals surface area contributed by atoms with E-state index in [0.29, 0.717) is 10.5 Å². The lowest BCUT2D eigenvalue weighted by molar-refractivity contribution is -0.667. The normalized spacial score (nSPS) is 9.90. The van der Waals surface area contributed by atoms with E-state index in [-0.39, 0.29) is 5.15 Å². The van der Waals surface area contributed by atoms with Crippen molar-refractivity contribution in [3.63, 3.8) is 0 Å². The van der Waals surface area contributed by atoms with Gasteiger partial charge in [0.05, 0.1) is 0 Å². The van der Waals surface area contributed by atoms with Crippen molar-refractivity contribution in [2.24, 2.45) is 0 Å². The molecule has 0 unspecified atom stereocenters. The second kappa shape index (κ2) is 2.42. The van der Waals surface area contributed by atoms with Crippen molar-refractivity contribution in [1.29, 1.82) is 0 Å². The summed E-state index contributed by atoms with van der Waals surface area (Å²) in [6, 6.07) is 1.59. The second-order valence-electron chi connectivity index (χ2n) is 2.11. The van der Waals surface area contributed by atoms with Crippen molar-refractivity contribution in [3.05, 3.63) is 27.7 Å². The van der Waals surface area contributed by atoms with Crippen LogP contribution in [0.1, 0.15) is 11.3 Å². The highest BCUT2D eigenvalue weighted by molar-refractivity contribution is 6.28. The molecule has 0 fully saturated rings. The Hall–Kier alpha value is -0.830. The molecule has 0 bridgehead atoms. The van der Waals surface area contributed by atoms with Gasteiger partial charge in [-0.25, -0.2) is 0 Å². The predicted octanol–water partition coefficient (Wildman–Crippen LogP) is 0.985. The molecule has 1 rings (SSSR count). The smallest absolute Gasteiger partial charge is 0.313 e. The molecule has 0 aliphatic carbocycles. The van der Waals surface area contributed by atoms with Crippen LogP contribution in [0.3, 0.4) is 0 Å². The number of hydrogen-bond donors (Lipinski definition) is 0. The Morgan fingerprint density at radius 1 is 1.60 bits per heavy atom. The zero-order chi connectivity index (χ0) is 7.72. The van der Waals surface area contributed by atoms with Gasteiger partial charge in [-0.3, -0.25) is 0 Å². The van der Waals surface area contributed by atoms with Crippen LogP contribution in [0.15, 0.2) is 6.07 Å². The molecule has 3 nitrogen and oxygen atoms in total. The minimum atomic E-state index is 0.114. The zero-order valence-corrected chi connectivity index (χ0v) is 6.51. The maximum absolute atomic E-state index is 10.7. The van der Waals surface area contributed by atoms with Crippen LogP contribution in [0.2, 0.25) is 5.15 Å². The molecule has 1 aromatic rings. The Labute approximate surface area is 63.8 Å². The van der Waals surface area contributed by atoms with Crippen LogP contribution in [-0.2, 0) is 0 Å². The number of halogens is 1. The summed E-state index contributed by atoms with van der Waals surface area (Å²) in [6.07, 6.45) is 0. The Morgan fingerprint density at radius 3 is 2.70 bits per heavy atom. The van der Waals surface area contributed by atoms with Gasteiger partial charge in [-0.15, -0.1) is 0 Å². The average molecular weight is 159 g/mol. The fraction of sp³-hybridized carbons (Fsp3) is 0.333. The van der Waals surface area contributed by atoms with Crippen LogP contribution in [0.25, 0.3) is 0 Å². The van der Waals surface area contributed by atoms with Crippen molar-refractivity contribution in [2.75, 3.05) is 0 Å². The van der Waals surface area contributed by atoms with E-state index in [0.717, 1.165) is 5.56 Å². The first kappa shape index (κ1) is 7.28. The van der Waals surface area contributed by atoms with Gasteiger partial charge in [0.25, 0.3) is 0 Å². The molecule has 4 heteroatoms. The molecule has 1 heterocycles. The fourth-order valence-electron chi connectivity index (χ4n) is 0.601. The second-order valence-corrected chi connectivity index (χ2v) is 2.50. The topological polar surface area (TPSA) is 39.8 Å². The summed E-state index contributed by atoms with van der Waals surface area (Å²) in [5.74, 6) is 0. The van der Waals surface area contributed by atoms with Gasteiger partial charge in [0.15, 0.2) is 0 Å². The van der Waals surface area contributed by atoms with Crippen LogP contribution >= 0.6 is 11.6 Å². The fourth-order valence-corrected chi connectivity index (χ4v) is 0.803. The standard InChI is InChI=1S/C6H7ClN2O/c1-4-3-6(7)9(10)8-5(4)2/h3H,1-2H3. The van der Waals surface area contributed by atoms with Crippen molar-refractivity contribution in [1.82, 2.24) is 5.10 Å². The quantitative estimate of drug-likeness (QED) is 0.417. The van der Waals surface area contributed by atoms with Gasteiger partial charge >= 0.3 is 5.15 Å². The average Bonchev–Trinajstić information content (AvgIpc) is 1.84. The van der Waals surface area contributed by atoms with E-state index in [1.165, 1.54) is 0 Å². The van der Waals surface area contributed by atoms with Crippen LogP contribution in [0.5, 0.6) is 0 Å². The molecule has 0 spiro atoms. The van der Waals surface area contributed by atoms with Crippen LogP contribution < -0.4 is 4.85 Å². The third-order valence-electron chi connectivity index (χ3n) is 1.33. The SMILES string of the molecule is Cc1cc(Cl)[n+]([O-])nc1C. The van der Waals surface area contributed by atoms with Crippen molar-refractivity contribution < 1.29 is 4.85 Å². The highest BCUT2D eigenvalue weighted by Gasteiger charge is 2.05. The van der Waals surface area contributed by atoms with Crippen molar-refractivity contribution in [2.45, 2.75) is 13.8 Å². The number of nitrogens with zero attached hydrogens (tertiary/aromatic N) is 2. The van der Waals surface area contributed by atoms with E-state index in [1.807, 2.05) is 6.92 Å². The molecule has 1 aromatic heterocycles. The lowest BCUT2D eigenvalue weighted by Gasteiger charge is -1.98. The Kier molecular flexibility index (Phi) is 1.76. The molecule has 0 radical (unpaired) electrons. The number of hydrogen-bond acceptors (Lipinski definition) is 2. The lowest BCUT2D eigenvalue weighted by atomic mass is 10.3. The van der Waals surface area contributed by atoms with Crippen molar-refractivity contribution in [3.8, 4) is 0 Å². The summed E-state index contributed by atoms with van der Waals surface area (Å²) < 4.78 is 0. The van der Waals surface area contributed by atoms with Crippen molar-refractivity contribution >= 4 is 11.6 Å². The highest BCUT2D eigenvalue weighted by atomic mass is 35.5. The van der Waals surface area contributed by atoms with Gasteiger partial charge in [0.1, 0.15) is 5.69 Å². The maximum Gasteiger partial charge on any atom is 0.313 e. The van der Waals surface area contributed by atoms with Gasteiger partial charge in [0.2, 0.25) is 0 Å². The molecule has 54 valence electrons. The first-order chi connectivity index (χ1) is 4.61. The van der Waals surface area contributed by atoms with E-state index >= 15 is 0 Å². The molecule has 10 heavy (non-hydrogen) atoms. The predicted molar refractivity (Wildman–Crippen MR) is 37.7 cm³/mol. The molecule has 0 saturated carbocycles. The summed E-state index contributed by atoms with van der Waals surface area (Å²) in [6.45, 7) is 3.62. The maximum atomic E-state index is 10.7. The largest absolute Gasteiger partial charge is 0.593 e. The minimum absolute atomic E-state index is 0.114. The molecule has 0 aromatic carbocycles. The van der Waals surface area contributed by atoms with E-state index in [9.17, 15) is 5.21 Å². The molecule has 0 aliphatic heterocycles. The molecule has 0 saturated heterocycles. The van der Waals surface area contributed by atoms with Gasteiger partial charge < -0.3 is 5.21 Å². The summed E-state index contributed by atoms with van der Waals surface area (Å²) in [7, 11) is 0. The molecular formula is C6H7ClN2O. The van der Waals surface area contributed by atoms with E-state index in [1.54, 1.807) is 13.0 Å². The first-order valence-corrected chi connectivity index (χ1v) is 3.22. The third kappa shape index (κ3) is 1.19. The van der Waals surface area contributed by atoms with Gasteiger partial charge in [-0.1, -0.05) is 0 Å². The summed E-state index contributed by atoms with van der Waals surface area (Å²) >= 11 is 5.47. The Bertz CT molecular complexity index is 212. The minimum Gasteiger partial charge on any atom is -0.593 e. The van der Waals surface area contributed by atoms with Crippen LogP contribution in [-0.4, -0.2) is 5.10 Å². The van der Waals surface area contributed by atoms with E-state index < -0.39 is 0 Å². The first-order valence-electron chi connectivity index (χ1n) is 2.85. The molecule has 0 N–H and O–H groups in total. The Balaban J connectivity index is 3.28. The summed E-state index contributed by atoms with van der Waals surface area (Å²) in [5, 5.41) is 14.4. The third-order valence-corrected chi connectivity index (χ3v) is 1.58.